The van der Waals surface area contributed by atoms with Crippen molar-refractivity contribution in [3.05, 3.63) is 102 Å². The molecule has 1 aliphatic rings. The number of fused-ring (bicyclic) bond motifs is 3. The van der Waals surface area contributed by atoms with Gasteiger partial charge in [-0.1, -0.05) is 47.5 Å². The molecule has 1 amide bonds. The normalized spacial score (nSPS) is 13.8. The van der Waals surface area contributed by atoms with Gasteiger partial charge < -0.3 is 5.32 Å². The van der Waals surface area contributed by atoms with Gasteiger partial charge in [0.1, 0.15) is 6.54 Å². The predicted molar refractivity (Wildman–Crippen MR) is 148 cm³/mol. The van der Waals surface area contributed by atoms with Crippen LogP contribution in [0.4, 0.5) is 17.1 Å². The van der Waals surface area contributed by atoms with Gasteiger partial charge in [0.05, 0.1) is 21.2 Å². The van der Waals surface area contributed by atoms with Crippen LogP contribution in [0.2, 0.25) is 5.02 Å². The van der Waals surface area contributed by atoms with E-state index >= 15 is 0 Å². The lowest BCUT2D eigenvalue weighted by atomic mass is 10.0. The second-order valence-electron chi connectivity index (χ2n) is 8.72. The molecule has 194 valence electrons. The van der Waals surface area contributed by atoms with Crippen molar-refractivity contribution in [2.45, 2.75) is 16.7 Å². The zero-order valence-corrected chi connectivity index (χ0v) is 22.4. The molecule has 0 spiro atoms. The summed E-state index contributed by atoms with van der Waals surface area (Å²) in [7, 11) is -7.87. The lowest BCUT2D eigenvalue weighted by Crippen LogP contribution is -2.40. The first kappa shape index (κ1) is 25.8. The minimum atomic E-state index is -3.98. The van der Waals surface area contributed by atoms with Crippen molar-refractivity contribution < 1.29 is 21.6 Å². The van der Waals surface area contributed by atoms with Gasteiger partial charge in [-0.05, 0) is 67.6 Å². The fourth-order valence-electron chi connectivity index (χ4n) is 4.23. The predicted octanol–water partition coefficient (Wildman–Crippen LogP) is 5.26. The van der Waals surface area contributed by atoms with Crippen LogP contribution in [0.1, 0.15) is 5.56 Å². The zero-order chi connectivity index (χ0) is 27.1. The van der Waals surface area contributed by atoms with E-state index in [2.05, 4.69) is 10.0 Å². The Hall–Kier alpha value is -3.86. The van der Waals surface area contributed by atoms with Crippen LogP contribution in [0.5, 0.6) is 0 Å². The number of hydrogen-bond donors (Lipinski definition) is 2. The summed E-state index contributed by atoms with van der Waals surface area (Å²) in [4.78, 5) is 13.1. The number of anilines is 3. The van der Waals surface area contributed by atoms with E-state index in [1.807, 2.05) is 13.0 Å². The smallest absolute Gasteiger partial charge is 0.265 e. The Morgan fingerprint density at radius 1 is 0.868 bits per heavy atom. The van der Waals surface area contributed by atoms with E-state index in [0.29, 0.717) is 27.6 Å². The molecule has 11 heteroatoms. The van der Waals surface area contributed by atoms with Crippen LogP contribution in [-0.4, -0.2) is 29.3 Å². The Morgan fingerprint density at radius 2 is 1.61 bits per heavy atom. The number of halogens is 1. The lowest BCUT2D eigenvalue weighted by Gasteiger charge is -2.31. The monoisotopic (exact) mass is 567 g/mol. The second kappa shape index (κ2) is 9.79. The van der Waals surface area contributed by atoms with Crippen LogP contribution in [-0.2, 0) is 24.8 Å². The van der Waals surface area contributed by atoms with Gasteiger partial charge in [-0.2, -0.15) is 0 Å². The van der Waals surface area contributed by atoms with Gasteiger partial charge in [0, 0.05) is 21.8 Å². The first-order valence-electron chi connectivity index (χ1n) is 11.5. The second-order valence-corrected chi connectivity index (χ2v) is 12.7. The molecule has 0 aliphatic carbocycles. The van der Waals surface area contributed by atoms with Crippen molar-refractivity contribution in [3.8, 4) is 11.1 Å². The number of benzene rings is 4. The van der Waals surface area contributed by atoms with Crippen molar-refractivity contribution in [2.24, 2.45) is 0 Å². The van der Waals surface area contributed by atoms with Gasteiger partial charge in [0.25, 0.3) is 20.0 Å². The van der Waals surface area contributed by atoms with Crippen LogP contribution < -0.4 is 14.3 Å². The molecule has 1 heterocycles. The molecule has 4 aromatic carbocycles. The van der Waals surface area contributed by atoms with E-state index in [1.165, 1.54) is 36.4 Å². The van der Waals surface area contributed by atoms with Gasteiger partial charge in [-0.3, -0.25) is 13.8 Å². The maximum Gasteiger partial charge on any atom is 0.265 e. The quantitative estimate of drug-likeness (QED) is 0.330. The maximum absolute atomic E-state index is 13.4. The SMILES string of the molecule is Cc1ccc2c(c1)-c1ccccc1S(=O)(=O)N2CC(=O)Nc1ccc(S(=O)(=O)Nc2cccc(Cl)c2)cc1. The van der Waals surface area contributed by atoms with Crippen LogP contribution >= 0.6 is 11.6 Å². The van der Waals surface area contributed by atoms with E-state index in [0.717, 1.165) is 15.4 Å². The summed E-state index contributed by atoms with van der Waals surface area (Å²) in [6.45, 7) is 1.46. The number of rotatable bonds is 6. The fourth-order valence-corrected chi connectivity index (χ4v) is 7.12. The highest BCUT2D eigenvalue weighted by atomic mass is 35.5. The third-order valence-electron chi connectivity index (χ3n) is 5.98. The largest absolute Gasteiger partial charge is 0.325 e. The topological polar surface area (TPSA) is 113 Å². The van der Waals surface area contributed by atoms with Gasteiger partial charge in [-0.25, -0.2) is 16.8 Å². The van der Waals surface area contributed by atoms with Crippen LogP contribution in [0, 0.1) is 6.92 Å². The average Bonchev–Trinajstić information content (AvgIpc) is 2.87. The summed E-state index contributed by atoms with van der Waals surface area (Å²) >= 11 is 5.92. The Labute approximate surface area is 226 Å². The minimum absolute atomic E-state index is 0.0185. The Kier molecular flexibility index (Phi) is 6.64. The molecule has 0 radical (unpaired) electrons. The summed E-state index contributed by atoms with van der Waals surface area (Å²) < 4.78 is 55.8. The van der Waals surface area contributed by atoms with Crippen molar-refractivity contribution in [3.63, 3.8) is 0 Å². The molecule has 0 saturated carbocycles. The molecular formula is C27H22ClN3O5S2. The van der Waals surface area contributed by atoms with E-state index < -0.39 is 32.5 Å². The number of nitrogens with one attached hydrogen (secondary N) is 2. The van der Waals surface area contributed by atoms with Crippen molar-refractivity contribution in [1.82, 2.24) is 0 Å². The standard InChI is InChI=1S/C27H22ClN3O5S2/c1-18-9-14-25-24(15-18)23-7-2-3-8-26(23)38(35,36)31(25)17-27(32)29-20-10-12-22(13-11-20)37(33,34)30-21-6-4-5-19(28)16-21/h2-16,30H,17H2,1H3,(H,29,32). The highest BCUT2D eigenvalue weighted by Gasteiger charge is 2.35. The summed E-state index contributed by atoms with van der Waals surface area (Å²) in [5, 5.41) is 3.04. The summed E-state index contributed by atoms with van der Waals surface area (Å²) in [5.41, 5.74) is 3.32. The van der Waals surface area contributed by atoms with Crippen molar-refractivity contribution in [2.75, 3.05) is 20.9 Å². The van der Waals surface area contributed by atoms with E-state index in [1.54, 1.807) is 48.5 Å². The number of sulfonamides is 2. The van der Waals surface area contributed by atoms with Crippen LogP contribution in [0.3, 0.4) is 0 Å². The van der Waals surface area contributed by atoms with E-state index in [9.17, 15) is 21.6 Å². The first-order valence-corrected chi connectivity index (χ1v) is 14.8. The van der Waals surface area contributed by atoms with Crippen molar-refractivity contribution in [1.29, 1.82) is 0 Å². The molecule has 0 saturated heterocycles. The fraction of sp³-hybridized carbons (Fsp3) is 0.0741. The molecule has 8 nitrogen and oxygen atoms in total. The van der Waals surface area contributed by atoms with Crippen LogP contribution in [0.25, 0.3) is 11.1 Å². The van der Waals surface area contributed by atoms with Gasteiger partial charge >= 0.3 is 0 Å². The molecular weight excluding hydrogens is 546 g/mol. The molecule has 38 heavy (non-hydrogen) atoms. The number of nitrogens with zero attached hydrogens (tertiary/aromatic N) is 1. The molecule has 0 unspecified atom stereocenters. The van der Waals surface area contributed by atoms with Gasteiger partial charge in [0.2, 0.25) is 5.91 Å². The molecule has 5 rings (SSSR count). The van der Waals surface area contributed by atoms with Gasteiger partial charge in [-0.15, -0.1) is 0 Å². The van der Waals surface area contributed by atoms with Gasteiger partial charge in [0.15, 0.2) is 0 Å². The zero-order valence-electron chi connectivity index (χ0n) is 20.1. The summed E-state index contributed by atoms with van der Waals surface area (Å²) in [6, 6.07) is 23.9. The third-order valence-corrected chi connectivity index (χ3v) is 9.43. The average molecular weight is 568 g/mol. The Morgan fingerprint density at radius 3 is 2.34 bits per heavy atom. The summed E-state index contributed by atoms with van der Waals surface area (Å²) in [5.74, 6) is -0.577. The Bertz CT molecular complexity index is 1770. The summed E-state index contributed by atoms with van der Waals surface area (Å²) in [6.07, 6.45) is 0. The number of amides is 1. The maximum atomic E-state index is 13.4. The highest BCUT2D eigenvalue weighted by Crippen LogP contribution is 2.43. The molecule has 0 atom stereocenters. The number of hydrogen-bond acceptors (Lipinski definition) is 5. The molecule has 4 aromatic rings. The number of carbonyl (C=O) groups excluding carboxylic acids is 1. The molecule has 0 aromatic heterocycles. The molecule has 2 N–H and O–H groups in total. The van der Waals surface area contributed by atoms with E-state index in [-0.39, 0.29) is 9.79 Å². The minimum Gasteiger partial charge on any atom is -0.325 e. The Balaban J connectivity index is 1.35. The molecule has 1 aliphatic heterocycles. The number of carbonyl (C=O) groups is 1. The third kappa shape index (κ3) is 4.98. The highest BCUT2D eigenvalue weighted by molar-refractivity contribution is 7.93. The first-order chi connectivity index (χ1) is 18.0. The molecule has 0 fully saturated rings. The van der Waals surface area contributed by atoms with Crippen LogP contribution in [0.15, 0.2) is 101 Å². The van der Waals surface area contributed by atoms with Crippen molar-refractivity contribution >= 4 is 54.6 Å². The molecule has 0 bridgehead atoms. The number of aryl methyl sites for hydroxylation is 1. The van der Waals surface area contributed by atoms with E-state index in [4.69, 9.17) is 11.6 Å². The lowest BCUT2D eigenvalue weighted by molar-refractivity contribution is -0.114.